The molecule has 1 unspecified atom stereocenters. The zero-order valence-electron chi connectivity index (χ0n) is 14.6. The molecule has 2 saturated heterocycles. The minimum Gasteiger partial charge on any atom is -0.481 e. The van der Waals surface area contributed by atoms with Gasteiger partial charge in [0.1, 0.15) is 12.1 Å². The molecule has 11 nitrogen and oxygen atoms in total. The number of carboxylic acid groups (broad SMARTS) is 1. The Balaban J connectivity index is 1.68. The van der Waals surface area contributed by atoms with Gasteiger partial charge in [0.25, 0.3) is 0 Å². The molecule has 0 aromatic heterocycles. The molecule has 12 heteroatoms. The summed E-state index contributed by atoms with van der Waals surface area (Å²) in [5.41, 5.74) is 0.675. The molecule has 1 N–H and O–H groups in total. The molecule has 0 radical (unpaired) electrons. The predicted octanol–water partition coefficient (Wildman–Crippen LogP) is 2.00. The number of hydrogen-bond donors (Lipinski definition) is 1. The molecule has 4 atom stereocenters. The van der Waals surface area contributed by atoms with E-state index in [1.807, 2.05) is 0 Å². The fourth-order valence-electron chi connectivity index (χ4n) is 3.84. The van der Waals surface area contributed by atoms with Crippen LogP contribution in [0, 0.1) is 20.2 Å². The standard InChI is InChI=1S/C16H18N4O7S/c21-15(22)11(10-5-2-1-3-6-10)7-4-8-13-14-12(9-28-13)17(19(24)25)16(23)18(14)20(26)27/h1-3,5-6,11-14H,4,7-9H2,(H,21,22)/t11?,12-,13-,14-/m0/s1. The molecule has 2 aliphatic rings. The average molecular weight is 410 g/mol. The van der Waals surface area contributed by atoms with Crippen LogP contribution in [0.15, 0.2) is 30.3 Å². The molecule has 2 fully saturated rings. The van der Waals surface area contributed by atoms with E-state index in [1.54, 1.807) is 30.3 Å². The van der Waals surface area contributed by atoms with Crippen LogP contribution >= 0.6 is 11.8 Å². The van der Waals surface area contributed by atoms with Gasteiger partial charge in [-0.15, -0.1) is 0 Å². The second-order valence-corrected chi connectivity index (χ2v) is 7.88. The van der Waals surface area contributed by atoms with Gasteiger partial charge in [0.2, 0.25) is 0 Å². The molecule has 2 aliphatic heterocycles. The molecular weight excluding hydrogens is 392 g/mol. The van der Waals surface area contributed by atoms with Gasteiger partial charge < -0.3 is 5.11 Å². The van der Waals surface area contributed by atoms with Crippen molar-refractivity contribution in [3.63, 3.8) is 0 Å². The zero-order chi connectivity index (χ0) is 20.4. The normalized spacial score (nSPS) is 24.9. The third kappa shape index (κ3) is 3.59. The first kappa shape index (κ1) is 19.9. The van der Waals surface area contributed by atoms with Gasteiger partial charge >= 0.3 is 12.0 Å². The number of urea groups is 1. The van der Waals surface area contributed by atoms with Crippen molar-refractivity contribution in [2.45, 2.75) is 42.5 Å². The number of carboxylic acids is 1. The molecule has 2 amide bonds. The Morgan fingerprint density at radius 1 is 1.21 bits per heavy atom. The Bertz CT molecular complexity index is 792. The van der Waals surface area contributed by atoms with Crippen LogP contribution in [-0.2, 0) is 4.79 Å². The molecule has 150 valence electrons. The number of amides is 2. The SMILES string of the molecule is O=C(O)C(CCC[C@@H]1SC[C@H]2[C@@H]1N([N+](=O)[O-])C(=O)N2[N+](=O)[O-])c1ccccc1. The van der Waals surface area contributed by atoms with Crippen molar-refractivity contribution in [2.75, 3.05) is 5.75 Å². The van der Waals surface area contributed by atoms with E-state index in [0.29, 0.717) is 34.8 Å². The van der Waals surface area contributed by atoms with Crippen LogP contribution in [0.3, 0.4) is 0 Å². The molecule has 0 spiro atoms. The molecule has 2 heterocycles. The quantitative estimate of drug-likeness (QED) is 0.389. The maximum Gasteiger partial charge on any atom is 0.436 e. The molecule has 3 rings (SSSR count). The van der Waals surface area contributed by atoms with E-state index in [9.17, 15) is 34.9 Å². The monoisotopic (exact) mass is 410 g/mol. The van der Waals surface area contributed by atoms with Crippen molar-refractivity contribution in [1.29, 1.82) is 0 Å². The van der Waals surface area contributed by atoms with E-state index in [0.717, 1.165) is 0 Å². The number of carbonyl (C=O) groups excluding carboxylic acids is 1. The molecule has 1 aromatic carbocycles. The summed E-state index contributed by atoms with van der Waals surface area (Å²) in [6, 6.07) is 5.77. The maximum atomic E-state index is 12.1. The molecular formula is C16H18N4O7S. The van der Waals surface area contributed by atoms with E-state index in [1.165, 1.54) is 11.8 Å². The van der Waals surface area contributed by atoms with Crippen molar-refractivity contribution in [3.05, 3.63) is 56.1 Å². The van der Waals surface area contributed by atoms with Gasteiger partial charge in [-0.2, -0.15) is 11.8 Å². The summed E-state index contributed by atoms with van der Waals surface area (Å²) >= 11 is 1.34. The van der Waals surface area contributed by atoms with Gasteiger partial charge in [0.05, 0.1) is 5.92 Å². The highest BCUT2D eigenvalue weighted by atomic mass is 32.2. The highest BCUT2D eigenvalue weighted by Gasteiger charge is 2.64. The highest BCUT2D eigenvalue weighted by molar-refractivity contribution is 8.00. The van der Waals surface area contributed by atoms with Crippen molar-refractivity contribution in [3.8, 4) is 0 Å². The summed E-state index contributed by atoms with van der Waals surface area (Å²) in [4.78, 5) is 46.1. The summed E-state index contributed by atoms with van der Waals surface area (Å²) in [6.45, 7) is 0. The molecule has 1 aromatic rings. The predicted molar refractivity (Wildman–Crippen MR) is 97.6 cm³/mol. The minimum atomic E-state index is -1.23. The Morgan fingerprint density at radius 3 is 2.43 bits per heavy atom. The summed E-state index contributed by atoms with van der Waals surface area (Å²) in [5.74, 6) is -1.42. The number of thioether (sulfide) groups is 1. The highest BCUT2D eigenvalue weighted by Crippen LogP contribution is 2.41. The van der Waals surface area contributed by atoms with Gasteiger partial charge in [0.15, 0.2) is 10.1 Å². The number of nitrogens with zero attached hydrogens (tertiary/aromatic N) is 4. The number of fused-ring (bicyclic) bond motifs is 1. The third-order valence-electron chi connectivity index (χ3n) is 5.08. The van der Waals surface area contributed by atoms with Crippen LogP contribution < -0.4 is 0 Å². The number of hydrogen-bond acceptors (Lipinski definition) is 7. The topological polar surface area (TPSA) is 147 Å². The lowest BCUT2D eigenvalue weighted by Gasteiger charge is -2.19. The lowest BCUT2D eigenvalue weighted by Crippen LogP contribution is -2.44. The van der Waals surface area contributed by atoms with Crippen LogP contribution in [0.25, 0.3) is 0 Å². The minimum absolute atomic E-state index is 0.230. The number of rotatable bonds is 8. The first-order valence-corrected chi connectivity index (χ1v) is 9.68. The fraction of sp³-hybridized carbons (Fsp3) is 0.500. The molecule has 0 saturated carbocycles. The fourth-order valence-corrected chi connectivity index (χ4v) is 5.45. The molecule has 0 bridgehead atoms. The van der Waals surface area contributed by atoms with Crippen LogP contribution in [0.4, 0.5) is 4.79 Å². The number of carbonyl (C=O) groups is 2. The van der Waals surface area contributed by atoms with E-state index in [2.05, 4.69) is 0 Å². The Morgan fingerprint density at radius 2 is 1.86 bits per heavy atom. The zero-order valence-corrected chi connectivity index (χ0v) is 15.4. The van der Waals surface area contributed by atoms with Crippen LogP contribution in [0.1, 0.15) is 30.7 Å². The Labute approximate surface area is 163 Å². The van der Waals surface area contributed by atoms with Gasteiger partial charge in [-0.05, 0) is 28.4 Å². The third-order valence-corrected chi connectivity index (χ3v) is 6.55. The van der Waals surface area contributed by atoms with E-state index in [-0.39, 0.29) is 11.0 Å². The first-order chi connectivity index (χ1) is 13.3. The van der Waals surface area contributed by atoms with E-state index < -0.39 is 40.1 Å². The van der Waals surface area contributed by atoms with Crippen molar-refractivity contribution < 1.29 is 24.8 Å². The maximum absolute atomic E-state index is 12.1. The second kappa shape index (κ2) is 8.00. The number of hydrazine groups is 2. The van der Waals surface area contributed by atoms with Gasteiger partial charge in [-0.1, -0.05) is 36.8 Å². The average Bonchev–Trinajstić information content (AvgIpc) is 3.15. The van der Waals surface area contributed by atoms with Crippen molar-refractivity contribution in [2.24, 2.45) is 0 Å². The summed E-state index contributed by atoms with van der Waals surface area (Å²) in [7, 11) is 0. The van der Waals surface area contributed by atoms with Gasteiger partial charge in [0, 0.05) is 11.0 Å². The van der Waals surface area contributed by atoms with E-state index >= 15 is 0 Å². The van der Waals surface area contributed by atoms with Crippen LogP contribution in [0.2, 0.25) is 0 Å². The van der Waals surface area contributed by atoms with Crippen molar-refractivity contribution in [1.82, 2.24) is 10.0 Å². The summed E-state index contributed by atoms with van der Waals surface area (Å²) < 4.78 is 0. The number of aliphatic carboxylic acids is 1. The lowest BCUT2D eigenvalue weighted by atomic mass is 9.92. The Kier molecular flexibility index (Phi) is 5.68. The second-order valence-electron chi connectivity index (χ2n) is 6.61. The smallest absolute Gasteiger partial charge is 0.436 e. The van der Waals surface area contributed by atoms with Crippen LogP contribution in [-0.4, -0.2) is 60.3 Å². The van der Waals surface area contributed by atoms with Gasteiger partial charge in [-0.25, -0.2) is 25.0 Å². The number of benzene rings is 1. The largest absolute Gasteiger partial charge is 0.481 e. The lowest BCUT2D eigenvalue weighted by molar-refractivity contribution is -0.651. The van der Waals surface area contributed by atoms with Gasteiger partial charge in [-0.3, -0.25) is 4.79 Å². The summed E-state index contributed by atoms with van der Waals surface area (Å²) in [6.07, 6.45) is 1.22. The molecule has 28 heavy (non-hydrogen) atoms. The summed E-state index contributed by atoms with van der Waals surface area (Å²) in [5, 5.41) is 30.5. The van der Waals surface area contributed by atoms with Crippen LogP contribution in [0.5, 0.6) is 0 Å². The Hall–Kier alpha value is -2.89. The molecule has 0 aliphatic carbocycles. The number of nitro groups is 2. The van der Waals surface area contributed by atoms with E-state index in [4.69, 9.17) is 0 Å². The first-order valence-electron chi connectivity index (χ1n) is 8.63. The van der Waals surface area contributed by atoms with Crippen molar-refractivity contribution >= 4 is 23.8 Å².